The summed E-state index contributed by atoms with van der Waals surface area (Å²) >= 11 is 0. The molecular weight excluding hydrogens is 352 g/mol. The van der Waals surface area contributed by atoms with Crippen molar-refractivity contribution in [3.63, 3.8) is 0 Å². The van der Waals surface area contributed by atoms with Crippen molar-refractivity contribution in [2.75, 3.05) is 7.05 Å². The van der Waals surface area contributed by atoms with Gasteiger partial charge in [0.2, 0.25) is 0 Å². The molecule has 0 fully saturated rings. The molecule has 0 bridgehead atoms. The third-order valence-corrected chi connectivity index (χ3v) is 4.62. The van der Waals surface area contributed by atoms with Gasteiger partial charge < -0.3 is 9.32 Å². The first kappa shape index (κ1) is 18.0. The highest BCUT2D eigenvalue weighted by Crippen LogP contribution is 2.22. The van der Waals surface area contributed by atoms with E-state index in [-0.39, 0.29) is 11.8 Å². The van der Waals surface area contributed by atoms with E-state index in [2.05, 4.69) is 10.1 Å². The lowest BCUT2D eigenvalue weighted by Gasteiger charge is -2.17. The Morgan fingerprint density at radius 3 is 2.64 bits per heavy atom. The number of hydrogen-bond acceptors (Lipinski definition) is 4. The summed E-state index contributed by atoms with van der Waals surface area (Å²) in [5, 5.41) is 4.22. The number of oxazole rings is 1. The van der Waals surface area contributed by atoms with Gasteiger partial charge in [-0.15, -0.1) is 0 Å². The normalized spacial score (nSPS) is 11.3. The Hall–Kier alpha value is -3.41. The first-order chi connectivity index (χ1) is 13.5. The van der Waals surface area contributed by atoms with Gasteiger partial charge in [-0.25, -0.2) is 9.67 Å². The molecule has 2 aromatic heterocycles. The summed E-state index contributed by atoms with van der Waals surface area (Å²) in [7, 11) is 1.80. The maximum absolute atomic E-state index is 12.8. The third kappa shape index (κ3) is 3.53. The summed E-state index contributed by atoms with van der Waals surface area (Å²) in [6.45, 7) is 4.58. The first-order valence-electron chi connectivity index (χ1n) is 9.26. The highest BCUT2D eigenvalue weighted by Gasteiger charge is 2.15. The Balaban J connectivity index is 1.49. The predicted molar refractivity (Wildman–Crippen MR) is 107 cm³/mol. The molecule has 0 saturated heterocycles. The second-order valence-corrected chi connectivity index (χ2v) is 7.17. The number of fused-ring (bicyclic) bond motifs is 1. The summed E-state index contributed by atoms with van der Waals surface area (Å²) in [6, 6.07) is 15.3. The van der Waals surface area contributed by atoms with Crippen LogP contribution in [0.15, 0.2) is 65.3 Å². The van der Waals surface area contributed by atoms with Crippen LogP contribution in [0, 0.1) is 0 Å². The number of rotatable bonds is 5. The number of nitrogens with zero attached hydrogens (tertiary/aromatic N) is 4. The van der Waals surface area contributed by atoms with Crippen molar-refractivity contribution in [1.82, 2.24) is 19.7 Å². The molecule has 0 N–H and O–H groups in total. The van der Waals surface area contributed by atoms with Crippen LogP contribution in [0.1, 0.15) is 41.6 Å². The molecule has 0 aliphatic heterocycles. The van der Waals surface area contributed by atoms with Crippen molar-refractivity contribution in [3.8, 4) is 5.69 Å². The molecule has 4 aromatic rings. The maximum Gasteiger partial charge on any atom is 0.253 e. The van der Waals surface area contributed by atoms with Crippen molar-refractivity contribution in [3.05, 3.63) is 77.9 Å². The lowest BCUT2D eigenvalue weighted by atomic mass is 10.1. The van der Waals surface area contributed by atoms with Gasteiger partial charge in [0.15, 0.2) is 11.5 Å². The smallest absolute Gasteiger partial charge is 0.253 e. The zero-order valence-corrected chi connectivity index (χ0v) is 16.2. The Morgan fingerprint density at radius 2 is 1.96 bits per heavy atom. The molecule has 0 atom stereocenters. The third-order valence-electron chi connectivity index (χ3n) is 4.62. The molecule has 4 rings (SSSR count). The monoisotopic (exact) mass is 374 g/mol. The second-order valence-electron chi connectivity index (χ2n) is 7.17. The minimum Gasteiger partial charge on any atom is -0.440 e. The number of carbonyl (C=O) groups is 1. The molecule has 0 radical (unpaired) electrons. The van der Waals surface area contributed by atoms with Crippen LogP contribution in [-0.2, 0) is 6.54 Å². The van der Waals surface area contributed by atoms with Crippen molar-refractivity contribution in [2.24, 2.45) is 0 Å². The van der Waals surface area contributed by atoms with Crippen molar-refractivity contribution in [1.29, 1.82) is 0 Å². The molecule has 2 heterocycles. The number of aromatic nitrogens is 3. The Morgan fingerprint density at radius 1 is 1.18 bits per heavy atom. The molecule has 2 aromatic carbocycles. The molecule has 0 spiro atoms. The van der Waals surface area contributed by atoms with E-state index in [4.69, 9.17) is 4.42 Å². The molecule has 0 aliphatic carbocycles. The number of benzene rings is 2. The van der Waals surface area contributed by atoms with Crippen LogP contribution < -0.4 is 0 Å². The predicted octanol–water partition coefficient (Wildman–Crippen LogP) is 4.41. The van der Waals surface area contributed by atoms with E-state index >= 15 is 0 Å². The SMILES string of the molecule is CC(C)c1nc2cc(C(=O)N(C)Cc3ccc(-n4cccn4)cc3)ccc2o1. The van der Waals surface area contributed by atoms with Gasteiger partial charge in [0.1, 0.15) is 5.52 Å². The molecule has 1 amide bonds. The molecule has 142 valence electrons. The van der Waals surface area contributed by atoms with E-state index in [1.807, 2.05) is 56.4 Å². The van der Waals surface area contributed by atoms with Gasteiger partial charge >= 0.3 is 0 Å². The lowest BCUT2D eigenvalue weighted by Crippen LogP contribution is -2.26. The molecular formula is C22H22N4O2. The van der Waals surface area contributed by atoms with Gasteiger partial charge in [-0.3, -0.25) is 4.79 Å². The van der Waals surface area contributed by atoms with E-state index in [1.165, 1.54) is 0 Å². The van der Waals surface area contributed by atoms with Crippen molar-refractivity contribution in [2.45, 2.75) is 26.3 Å². The first-order valence-corrected chi connectivity index (χ1v) is 9.26. The Bertz CT molecular complexity index is 1100. The molecule has 0 saturated carbocycles. The van der Waals surface area contributed by atoms with Gasteiger partial charge in [-0.1, -0.05) is 26.0 Å². The van der Waals surface area contributed by atoms with Gasteiger partial charge in [0.05, 0.1) is 5.69 Å². The van der Waals surface area contributed by atoms with Gasteiger partial charge in [0, 0.05) is 37.5 Å². The summed E-state index contributed by atoms with van der Waals surface area (Å²) in [5.74, 6) is 0.844. The topological polar surface area (TPSA) is 64.2 Å². The second kappa shape index (κ2) is 7.31. The molecule has 0 unspecified atom stereocenters. The van der Waals surface area contributed by atoms with Crippen LogP contribution in [0.2, 0.25) is 0 Å². The van der Waals surface area contributed by atoms with E-state index in [9.17, 15) is 4.79 Å². The standard InChI is InChI=1S/C22H22N4O2/c1-15(2)21-24-19-13-17(7-10-20(19)28-21)22(27)25(3)14-16-5-8-18(9-6-16)26-12-4-11-23-26/h4-13,15H,14H2,1-3H3. The fourth-order valence-corrected chi connectivity index (χ4v) is 3.07. The Labute approximate surface area is 163 Å². The number of amides is 1. The fraction of sp³-hybridized carbons (Fsp3) is 0.227. The molecule has 6 heteroatoms. The van der Waals surface area contributed by atoms with E-state index in [0.29, 0.717) is 29.1 Å². The van der Waals surface area contributed by atoms with Crippen LogP contribution in [0.3, 0.4) is 0 Å². The zero-order valence-electron chi connectivity index (χ0n) is 16.2. The van der Waals surface area contributed by atoms with E-state index < -0.39 is 0 Å². The highest BCUT2D eigenvalue weighted by molar-refractivity contribution is 5.97. The fourth-order valence-electron chi connectivity index (χ4n) is 3.07. The molecule has 6 nitrogen and oxygen atoms in total. The quantitative estimate of drug-likeness (QED) is 0.519. The Kier molecular flexibility index (Phi) is 4.69. The van der Waals surface area contributed by atoms with Crippen molar-refractivity contribution >= 4 is 17.0 Å². The van der Waals surface area contributed by atoms with Gasteiger partial charge in [-0.05, 0) is 42.0 Å². The number of carbonyl (C=O) groups excluding carboxylic acids is 1. The average Bonchev–Trinajstić information content (AvgIpc) is 3.37. The average molecular weight is 374 g/mol. The van der Waals surface area contributed by atoms with Gasteiger partial charge in [0.25, 0.3) is 5.91 Å². The van der Waals surface area contributed by atoms with Crippen LogP contribution in [0.4, 0.5) is 0 Å². The zero-order chi connectivity index (χ0) is 19.7. The van der Waals surface area contributed by atoms with Gasteiger partial charge in [-0.2, -0.15) is 5.10 Å². The summed E-state index contributed by atoms with van der Waals surface area (Å²) in [6.07, 6.45) is 3.64. The van der Waals surface area contributed by atoms with E-state index in [0.717, 1.165) is 11.3 Å². The summed E-state index contributed by atoms with van der Waals surface area (Å²) in [4.78, 5) is 19.0. The maximum atomic E-state index is 12.8. The summed E-state index contributed by atoms with van der Waals surface area (Å²) in [5.41, 5.74) is 4.06. The van der Waals surface area contributed by atoms with Crippen molar-refractivity contribution < 1.29 is 9.21 Å². The van der Waals surface area contributed by atoms with Crippen LogP contribution >= 0.6 is 0 Å². The highest BCUT2D eigenvalue weighted by atomic mass is 16.3. The van der Waals surface area contributed by atoms with E-state index in [1.54, 1.807) is 35.0 Å². The number of hydrogen-bond donors (Lipinski definition) is 0. The van der Waals surface area contributed by atoms with Crippen LogP contribution in [0.5, 0.6) is 0 Å². The minimum atomic E-state index is -0.0489. The van der Waals surface area contributed by atoms with Crippen LogP contribution in [0.25, 0.3) is 16.8 Å². The minimum absolute atomic E-state index is 0.0489. The molecule has 0 aliphatic rings. The summed E-state index contributed by atoms with van der Waals surface area (Å²) < 4.78 is 7.52. The lowest BCUT2D eigenvalue weighted by molar-refractivity contribution is 0.0785. The largest absolute Gasteiger partial charge is 0.440 e. The van der Waals surface area contributed by atoms with Crippen LogP contribution in [-0.4, -0.2) is 32.6 Å². The molecule has 28 heavy (non-hydrogen) atoms.